The molecule has 0 radical (unpaired) electrons. The van der Waals surface area contributed by atoms with Gasteiger partial charge in [-0.3, -0.25) is 20.4 Å². The van der Waals surface area contributed by atoms with Crippen molar-refractivity contribution in [2.24, 2.45) is 0 Å². The zero-order valence-corrected chi connectivity index (χ0v) is 16.1. The molecule has 2 N–H and O–H groups in total. The van der Waals surface area contributed by atoms with Gasteiger partial charge >= 0.3 is 0 Å². The minimum absolute atomic E-state index is 0.0136. The summed E-state index contributed by atoms with van der Waals surface area (Å²) in [7, 11) is -4.49. The third kappa shape index (κ3) is 4.40. The molecule has 1 aliphatic rings. The minimum Gasteiger partial charge on any atom is -0.272 e. The number of amides is 2. The van der Waals surface area contributed by atoms with E-state index >= 15 is 0 Å². The predicted octanol–water partition coefficient (Wildman–Crippen LogP) is -0.335. The Balaban J connectivity index is 2.08. The summed E-state index contributed by atoms with van der Waals surface area (Å²) in [5, 5.41) is -1.18. The number of hydrazine groups is 1. The van der Waals surface area contributed by atoms with Gasteiger partial charge < -0.3 is 0 Å². The van der Waals surface area contributed by atoms with E-state index in [-0.39, 0.29) is 22.6 Å². The van der Waals surface area contributed by atoms with Crippen molar-refractivity contribution in [3.8, 4) is 0 Å². The van der Waals surface area contributed by atoms with Crippen LogP contribution in [-0.4, -0.2) is 58.1 Å². The molecule has 1 unspecified atom stereocenters. The summed E-state index contributed by atoms with van der Waals surface area (Å²) >= 11 is 0. The molecule has 26 heavy (non-hydrogen) atoms. The lowest BCUT2D eigenvalue weighted by Gasteiger charge is -2.21. The van der Waals surface area contributed by atoms with Crippen LogP contribution in [0.3, 0.4) is 0 Å². The molecule has 2 rings (SSSR count). The zero-order chi connectivity index (χ0) is 19.5. The van der Waals surface area contributed by atoms with Crippen LogP contribution in [0, 0.1) is 0 Å². The van der Waals surface area contributed by atoms with E-state index in [0.717, 1.165) is 4.31 Å². The third-order valence-electron chi connectivity index (χ3n) is 4.05. The topological polar surface area (TPSA) is 130 Å². The molecule has 1 saturated heterocycles. The summed E-state index contributed by atoms with van der Waals surface area (Å²) in [4.78, 5) is 24.1. The fourth-order valence-electron chi connectivity index (χ4n) is 2.53. The van der Waals surface area contributed by atoms with E-state index in [9.17, 15) is 26.4 Å². The van der Waals surface area contributed by atoms with Crippen molar-refractivity contribution in [2.75, 3.05) is 19.8 Å². The van der Waals surface area contributed by atoms with Gasteiger partial charge in [0.1, 0.15) is 5.25 Å². The number of sulfonamides is 1. The van der Waals surface area contributed by atoms with E-state index in [1.54, 1.807) is 0 Å². The first-order chi connectivity index (χ1) is 12.1. The van der Waals surface area contributed by atoms with Crippen molar-refractivity contribution < 1.29 is 26.4 Å². The molecule has 1 heterocycles. The molecule has 0 saturated carbocycles. The van der Waals surface area contributed by atoms with Gasteiger partial charge in [-0.1, -0.05) is 12.5 Å². The highest BCUT2D eigenvalue weighted by atomic mass is 32.2. The van der Waals surface area contributed by atoms with Gasteiger partial charge in [-0.2, -0.15) is 0 Å². The number of carbonyl (C=O) groups is 2. The lowest BCUT2D eigenvalue weighted by molar-refractivity contribution is -0.121. The van der Waals surface area contributed by atoms with Crippen LogP contribution in [0.15, 0.2) is 29.2 Å². The first-order valence-corrected chi connectivity index (χ1v) is 11.1. The SMILES string of the molecule is CN(C)S(=O)(=O)c1cccc(C(=O)NNC(=O)C2CCCCS2(=O)=O)c1. The second kappa shape index (κ2) is 7.72. The fourth-order valence-corrected chi connectivity index (χ4v) is 5.28. The van der Waals surface area contributed by atoms with Gasteiger partial charge in [0.25, 0.3) is 11.8 Å². The van der Waals surface area contributed by atoms with Crippen LogP contribution in [-0.2, 0) is 24.7 Å². The van der Waals surface area contributed by atoms with Crippen molar-refractivity contribution in [3.05, 3.63) is 29.8 Å². The van der Waals surface area contributed by atoms with E-state index in [4.69, 9.17) is 0 Å². The van der Waals surface area contributed by atoms with Crippen LogP contribution in [0.2, 0.25) is 0 Å². The van der Waals surface area contributed by atoms with E-state index in [2.05, 4.69) is 10.9 Å². The van der Waals surface area contributed by atoms with Crippen molar-refractivity contribution >= 4 is 31.7 Å². The normalized spacial score (nSPS) is 19.7. The average molecular weight is 403 g/mol. The van der Waals surface area contributed by atoms with Crippen molar-refractivity contribution in [1.82, 2.24) is 15.2 Å². The molecule has 0 aliphatic carbocycles. The van der Waals surface area contributed by atoms with Gasteiger partial charge in [0.15, 0.2) is 9.84 Å². The minimum atomic E-state index is -3.71. The van der Waals surface area contributed by atoms with Gasteiger partial charge in [0.2, 0.25) is 10.0 Å². The van der Waals surface area contributed by atoms with Crippen LogP contribution in [0.1, 0.15) is 29.6 Å². The molecule has 144 valence electrons. The van der Waals surface area contributed by atoms with Gasteiger partial charge in [-0.25, -0.2) is 21.1 Å². The molecule has 1 atom stereocenters. The molecule has 1 aliphatic heterocycles. The summed E-state index contributed by atoms with van der Waals surface area (Å²) in [5.74, 6) is -1.60. The Morgan fingerprint density at radius 1 is 1.15 bits per heavy atom. The van der Waals surface area contributed by atoms with Gasteiger partial charge in [0.05, 0.1) is 10.6 Å². The Hall–Kier alpha value is -1.98. The molecule has 0 spiro atoms. The number of nitrogens with one attached hydrogen (secondary N) is 2. The summed E-state index contributed by atoms with van der Waals surface area (Å²) in [5.41, 5.74) is 4.25. The first-order valence-electron chi connectivity index (χ1n) is 7.90. The number of carbonyl (C=O) groups excluding carboxylic acids is 2. The quantitative estimate of drug-likeness (QED) is 0.662. The third-order valence-corrected chi connectivity index (χ3v) is 8.03. The van der Waals surface area contributed by atoms with Crippen molar-refractivity contribution in [3.63, 3.8) is 0 Å². The fraction of sp³-hybridized carbons (Fsp3) is 0.467. The zero-order valence-electron chi connectivity index (χ0n) is 14.4. The Labute approximate surface area is 152 Å². The number of hydrogen-bond acceptors (Lipinski definition) is 6. The van der Waals surface area contributed by atoms with Gasteiger partial charge in [-0.15, -0.1) is 0 Å². The number of sulfone groups is 1. The van der Waals surface area contributed by atoms with Crippen molar-refractivity contribution in [1.29, 1.82) is 0 Å². The summed E-state index contributed by atoms with van der Waals surface area (Å²) < 4.78 is 49.1. The molecule has 0 bridgehead atoms. The molecule has 2 amide bonds. The molecule has 1 aromatic carbocycles. The number of nitrogens with zero attached hydrogens (tertiary/aromatic N) is 1. The summed E-state index contributed by atoms with van der Waals surface area (Å²) in [6.07, 6.45) is 1.35. The van der Waals surface area contributed by atoms with Crippen LogP contribution >= 0.6 is 0 Å². The molecule has 1 aromatic rings. The second-order valence-corrected chi connectivity index (χ2v) is 10.6. The lowest BCUT2D eigenvalue weighted by Crippen LogP contribution is -2.50. The van der Waals surface area contributed by atoms with E-state index in [1.807, 2.05) is 0 Å². The Morgan fingerprint density at radius 2 is 1.85 bits per heavy atom. The second-order valence-electron chi connectivity index (χ2n) is 6.11. The predicted molar refractivity (Wildman–Crippen MR) is 94.3 cm³/mol. The molecule has 1 fully saturated rings. The molecule has 9 nitrogen and oxygen atoms in total. The molecular weight excluding hydrogens is 382 g/mol. The Kier molecular flexibility index (Phi) is 6.04. The first kappa shape index (κ1) is 20.3. The standard InChI is InChI=1S/C15H21N3O6S2/c1-18(2)26(23,24)12-7-5-6-11(10-12)14(19)16-17-15(20)13-8-3-4-9-25(13,21)22/h5-7,10,13H,3-4,8-9H2,1-2H3,(H,16,19)(H,17,20). The molecular formula is C15H21N3O6S2. The maximum atomic E-state index is 12.2. The van der Waals surface area contributed by atoms with Gasteiger partial charge in [0, 0.05) is 19.7 Å². The number of hydrogen-bond donors (Lipinski definition) is 2. The van der Waals surface area contributed by atoms with E-state index < -0.39 is 36.9 Å². The largest absolute Gasteiger partial charge is 0.272 e. The number of benzene rings is 1. The summed E-state index contributed by atoms with van der Waals surface area (Å²) in [6, 6.07) is 5.31. The number of rotatable bonds is 4. The van der Waals surface area contributed by atoms with E-state index in [0.29, 0.717) is 12.8 Å². The van der Waals surface area contributed by atoms with Crippen LogP contribution < -0.4 is 10.9 Å². The monoisotopic (exact) mass is 403 g/mol. The van der Waals surface area contributed by atoms with Crippen LogP contribution in [0.25, 0.3) is 0 Å². The van der Waals surface area contributed by atoms with E-state index in [1.165, 1.54) is 38.4 Å². The van der Waals surface area contributed by atoms with Crippen LogP contribution in [0.4, 0.5) is 0 Å². The van der Waals surface area contributed by atoms with Crippen molar-refractivity contribution in [2.45, 2.75) is 29.4 Å². The Bertz CT molecular complexity index is 909. The smallest absolute Gasteiger partial charge is 0.269 e. The molecule has 0 aromatic heterocycles. The molecule has 11 heteroatoms. The van der Waals surface area contributed by atoms with Gasteiger partial charge in [-0.05, 0) is 31.0 Å². The maximum Gasteiger partial charge on any atom is 0.269 e. The average Bonchev–Trinajstić information content (AvgIpc) is 2.59. The summed E-state index contributed by atoms with van der Waals surface area (Å²) in [6.45, 7) is 0. The maximum absolute atomic E-state index is 12.2. The lowest BCUT2D eigenvalue weighted by atomic mass is 10.2. The Morgan fingerprint density at radius 3 is 2.46 bits per heavy atom. The van der Waals surface area contributed by atoms with Crippen LogP contribution in [0.5, 0.6) is 0 Å². The highest BCUT2D eigenvalue weighted by molar-refractivity contribution is 7.92. The highest BCUT2D eigenvalue weighted by Gasteiger charge is 2.35. The highest BCUT2D eigenvalue weighted by Crippen LogP contribution is 2.19.